The van der Waals surface area contributed by atoms with E-state index in [2.05, 4.69) is 15.6 Å². The average molecular weight is 483 g/mol. The largest absolute Gasteiger partial charge is 0.394 e. The van der Waals surface area contributed by atoms with Gasteiger partial charge in [-0.2, -0.15) is 0 Å². The molecule has 2 aromatic heterocycles. The molecule has 1 aromatic carbocycles. The summed E-state index contributed by atoms with van der Waals surface area (Å²) in [5.41, 5.74) is 10.8. The van der Waals surface area contributed by atoms with E-state index in [0.717, 1.165) is 40.7 Å². The van der Waals surface area contributed by atoms with Gasteiger partial charge in [-0.25, -0.2) is 13.8 Å². The number of nitrogens with one attached hydrogen (secondary N) is 3. The SMILES string of the molecule is CN/C=C(\CN)c1cc2c(cc1C(F)F)N(c1cc3c(C(=O)NC)c[nH]c3c(C(C)C)n1)CCC2. The minimum absolute atomic E-state index is 0.0551. The smallest absolute Gasteiger partial charge is 0.264 e. The minimum atomic E-state index is -2.66. The third kappa shape index (κ3) is 4.48. The Balaban J connectivity index is 1.92. The predicted molar refractivity (Wildman–Crippen MR) is 136 cm³/mol. The van der Waals surface area contributed by atoms with Crippen molar-refractivity contribution < 1.29 is 13.6 Å². The molecule has 9 heteroatoms. The lowest BCUT2D eigenvalue weighted by molar-refractivity contribution is 0.0964. The van der Waals surface area contributed by atoms with Crippen LogP contribution in [0.2, 0.25) is 0 Å². The van der Waals surface area contributed by atoms with Gasteiger partial charge in [-0.05, 0) is 53.7 Å². The number of halogens is 2. The maximum Gasteiger partial charge on any atom is 0.264 e. The lowest BCUT2D eigenvalue weighted by Gasteiger charge is -2.32. The van der Waals surface area contributed by atoms with Gasteiger partial charge in [0.2, 0.25) is 0 Å². The van der Waals surface area contributed by atoms with Crippen LogP contribution in [0.5, 0.6) is 0 Å². The van der Waals surface area contributed by atoms with Gasteiger partial charge in [0.05, 0.1) is 16.8 Å². The maximum atomic E-state index is 14.2. The van der Waals surface area contributed by atoms with Crippen molar-refractivity contribution in [2.75, 3.05) is 32.1 Å². The molecule has 0 spiro atoms. The summed E-state index contributed by atoms with van der Waals surface area (Å²) in [6.07, 6.45) is 2.32. The van der Waals surface area contributed by atoms with E-state index in [1.165, 1.54) is 0 Å². The zero-order valence-corrected chi connectivity index (χ0v) is 20.5. The van der Waals surface area contributed by atoms with E-state index in [4.69, 9.17) is 10.7 Å². The molecule has 1 aliphatic heterocycles. The summed E-state index contributed by atoms with van der Waals surface area (Å²) in [7, 11) is 3.31. The highest BCUT2D eigenvalue weighted by molar-refractivity contribution is 6.07. The Morgan fingerprint density at radius 1 is 1.26 bits per heavy atom. The first kappa shape index (κ1) is 24.7. The monoisotopic (exact) mass is 482 g/mol. The van der Waals surface area contributed by atoms with Gasteiger partial charge in [0, 0.05) is 56.2 Å². The highest BCUT2D eigenvalue weighted by Crippen LogP contribution is 2.40. The van der Waals surface area contributed by atoms with E-state index < -0.39 is 6.43 Å². The Kier molecular flexibility index (Phi) is 7.07. The fraction of sp³-hybridized carbons (Fsp3) is 0.385. The van der Waals surface area contributed by atoms with E-state index in [1.54, 1.807) is 32.6 Å². The van der Waals surface area contributed by atoms with Crippen LogP contribution in [0.25, 0.3) is 16.5 Å². The number of pyridine rings is 1. The number of aryl methyl sites for hydroxylation is 1. The molecule has 0 saturated heterocycles. The Morgan fingerprint density at radius 3 is 2.66 bits per heavy atom. The number of anilines is 2. The van der Waals surface area contributed by atoms with Gasteiger partial charge < -0.3 is 26.3 Å². The van der Waals surface area contributed by atoms with Gasteiger partial charge in [0.15, 0.2) is 0 Å². The molecule has 0 radical (unpaired) electrons. The van der Waals surface area contributed by atoms with Crippen LogP contribution in [0.4, 0.5) is 20.3 Å². The van der Waals surface area contributed by atoms with Gasteiger partial charge in [-0.3, -0.25) is 4.79 Å². The predicted octanol–water partition coefficient (Wildman–Crippen LogP) is 4.59. The van der Waals surface area contributed by atoms with Crippen LogP contribution in [0.3, 0.4) is 0 Å². The number of nitrogens with zero attached hydrogens (tertiary/aromatic N) is 2. The van der Waals surface area contributed by atoms with E-state index in [0.29, 0.717) is 29.1 Å². The van der Waals surface area contributed by atoms with Crippen molar-refractivity contribution in [3.05, 3.63) is 58.5 Å². The number of amides is 1. The number of aromatic amines is 1. The fourth-order valence-corrected chi connectivity index (χ4v) is 4.78. The molecule has 0 atom stereocenters. The highest BCUT2D eigenvalue weighted by atomic mass is 19.3. The number of hydrogen-bond donors (Lipinski definition) is 4. The maximum absolute atomic E-state index is 14.2. The zero-order valence-electron chi connectivity index (χ0n) is 20.5. The van der Waals surface area contributed by atoms with Crippen LogP contribution in [0, 0.1) is 0 Å². The topological polar surface area (TPSA) is 99.1 Å². The minimum Gasteiger partial charge on any atom is -0.394 e. The van der Waals surface area contributed by atoms with Crippen molar-refractivity contribution in [1.82, 2.24) is 20.6 Å². The second-order valence-corrected chi connectivity index (χ2v) is 9.01. The molecule has 3 aromatic rings. The quantitative estimate of drug-likeness (QED) is 0.395. The second-order valence-electron chi connectivity index (χ2n) is 9.01. The summed E-state index contributed by atoms with van der Waals surface area (Å²) in [5.74, 6) is 0.540. The van der Waals surface area contributed by atoms with E-state index >= 15 is 0 Å². The molecule has 0 bridgehead atoms. The molecule has 0 unspecified atom stereocenters. The van der Waals surface area contributed by atoms with Crippen molar-refractivity contribution in [3.63, 3.8) is 0 Å². The van der Waals surface area contributed by atoms with Crippen LogP contribution in [0.1, 0.15) is 65.4 Å². The number of aromatic nitrogens is 2. The standard InChI is InChI=1S/C26H32F2N6O/c1-14(2)23-24-18(20(13-32-24)26(35)31-4)10-22(33-23)34-7-5-6-15-8-17(16(11-29)12-30-3)19(25(27)28)9-21(15)34/h8-10,12-14,25,30,32H,5-7,11,29H2,1-4H3,(H,31,35)/b16-12+. The van der Waals surface area contributed by atoms with Crippen LogP contribution < -0.4 is 21.3 Å². The number of carbonyl (C=O) groups excluding carboxylic acids is 1. The molecule has 0 fully saturated rings. The summed E-state index contributed by atoms with van der Waals surface area (Å²) >= 11 is 0. The molecule has 5 N–H and O–H groups in total. The first-order valence-corrected chi connectivity index (χ1v) is 11.8. The normalized spacial score (nSPS) is 14.1. The molecule has 4 rings (SSSR count). The molecule has 7 nitrogen and oxygen atoms in total. The molecule has 0 saturated carbocycles. The van der Waals surface area contributed by atoms with Crippen molar-refractivity contribution in [2.24, 2.45) is 5.73 Å². The van der Waals surface area contributed by atoms with Crippen LogP contribution in [0.15, 0.2) is 30.6 Å². The summed E-state index contributed by atoms with van der Waals surface area (Å²) < 4.78 is 28.4. The molecular weight excluding hydrogens is 450 g/mol. The number of alkyl halides is 2. The van der Waals surface area contributed by atoms with Crippen LogP contribution in [-0.2, 0) is 6.42 Å². The first-order valence-electron chi connectivity index (χ1n) is 11.8. The lowest BCUT2D eigenvalue weighted by Crippen LogP contribution is -2.26. The van der Waals surface area contributed by atoms with E-state index in [-0.39, 0.29) is 23.9 Å². The molecule has 1 amide bonds. The van der Waals surface area contributed by atoms with Crippen molar-refractivity contribution in [1.29, 1.82) is 0 Å². The number of carbonyl (C=O) groups is 1. The molecule has 35 heavy (non-hydrogen) atoms. The zero-order chi connectivity index (χ0) is 25.3. The summed E-state index contributed by atoms with van der Waals surface area (Å²) in [5, 5.41) is 6.35. The van der Waals surface area contributed by atoms with Gasteiger partial charge in [0.1, 0.15) is 5.82 Å². The number of nitrogens with two attached hydrogens (primary N) is 1. The Morgan fingerprint density at radius 2 is 2.03 bits per heavy atom. The number of H-pyrrole nitrogens is 1. The fourth-order valence-electron chi connectivity index (χ4n) is 4.78. The van der Waals surface area contributed by atoms with E-state index in [9.17, 15) is 13.6 Å². The van der Waals surface area contributed by atoms with Crippen molar-refractivity contribution in [3.8, 4) is 0 Å². The number of benzene rings is 1. The number of fused-ring (bicyclic) bond motifs is 2. The van der Waals surface area contributed by atoms with Gasteiger partial charge in [-0.15, -0.1) is 0 Å². The number of rotatable bonds is 7. The summed E-state index contributed by atoms with van der Waals surface area (Å²) in [6.45, 7) is 4.87. The van der Waals surface area contributed by atoms with Gasteiger partial charge in [-0.1, -0.05) is 13.8 Å². The molecular formula is C26H32F2N6O. The Bertz CT molecular complexity index is 1280. The third-order valence-corrected chi connectivity index (χ3v) is 6.47. The molecule has 0 aliphatic carbocycles. The van der Waals surface area contributed by atoms with Gasteiger partial charge >= 0.3 is 0 Å². The first-order chi connectivity index (χ1) is 16.8. The van der Waals surface area contributed by atoms with Crippen LogP contribution in [-0.4, -0.2) is 43.1 Å². The molecule has 186 valence electrons. The second kappa shape index (κ2) is 10.0. The Labute approximate surface area is 203 Å². The third-order valence-electron chi connectivity index (χ3n) is 6.47. The average Bonchev–Trinajstić information content (AvgIpc) is 3.28. The van der Waals surface area contributed by atoms with Crippen molar-refractivity contribution in [2.45, 2.75) is 39.0 Å². The summed E-state index contributed by atoms with van der Waals surface area (Å²) in [6, 6.07) is 5.29. The summed E-state index contributed by atoms with van der Waals surface area (Å²) in [4.78, 5) is 22.6. The Hall–Kier alpha value is -3.46. The lowest BCUT2D eigenvalue weighted by atomic mass is 9.92. The van der Waals surface area contributed by atoms with E-state index in [1.807, 2.05) is 30.9 Å². The highest BCUT2D eigenvalue weighted by Gasteiger charge is 2.27. The molecule has 3 heterocycles. The van der Waals surface area contributed by atoms with Crippen molar-refractivity contribution >= 4 is 33.9 Å². The van der Waals surface area contributed by atoms with Crippen LogP contribution >= 0.6 is 0 Å². The molecule has 1 aliphatic rings. The number of hydrogen-bond acceptors (Lipinski definition) is 5. The van der Waals surface area contributed by atoms with Gasteiger partial charge in [0.25, 0.3) is 12.3 Å².